The monoisotopic (exact) mass is 155 g/mol. The van der Waals surface area contributed by atoms with Crippen molar-refractivity contribution in [1.29, 1.82) is 0 Å². The third kappa shape index (κ3) is 5.02. The van der Waals surface area contributed by atoms with Gasteiger partial charge in [-0.1, -0.05) is 26.0 Å². The average molecular weight is 155 g/mol. The van der Waals surface area contributed by atoms with Crippen molar-refractivity contribution in [1.82, 2.24) is 0 Å². The zero-order chi connectivity index (χ0) is 8.69. The maximum Gasteiger partial charge on any atom is 0.0574 e. The molecule has 1 heteroatoms. The molecule has 0 rings (SSSR count). The molecule has 0 spiro atoms. The maximum atomic E-state index is 9.24. The lowest BCUT2D eigenvalue weighted by molar-refractivity contribution is 0.147. The SMILES string of the molecule is [CH2]CC/C=C/C(CC)C(C)O. The molecule has 65 valence electrons. The molecule has 11 heavy (non-hydrogen) atoms. The predicted molar refractivity (Wildman–Crippen MR) is 49.2 cm³/mol. The first-order valence-electron chi connectivity index (χ1n) is 4.36. The summed E-state index contributed by atoms with van der Waals surface area (Å²) in [6.45, 7) is 7.66. The van der Waals surface area contributed by atoms with Gasteiger partial charge in [0.05, 0.1) is 6.10 Å². The van der Waals surface area contributed by atoms with Crippen molar-refractivity contribution in [2.45, 2.75) is 39.2 Å². The summed E-state index contributed by atoms with van der Waals surface area (Å²) in [6.07, 6.45) is 6.94. The molecule has 0 aliphatic rings. The van der Waals surface area contributed by atoms with Crippen LogP contribution in [0.15, 0.2) is 12.2 Å². The van der Waals surface area contributed by atoms with Gasteiger partial charge in [0.2, 0.25) is 0 Å². The normalized spacial score (nSPS) is 17.1. The van der Waals surface area contributed by atoms with E-state index in [1.165, 1.54) is 0 Å². The molecule has 0 aliphatic carbocycles. The smallest absolute Gasteiger partial charge is 0.0574 e. The number of unbranched alkanes of at least 4 members (excludes halogenated alkanes) is 1. The lowest BCUT2D eigenvalue weighted by Gasteiger charge is -2.12. The Morgan fingerprint density at radius 2 is 2.18 bits per heavy atom. The highest BCUT2D eigenvalue weighted by Crippen LogP contribution is 2.10. The topological polar surface area (TPSA) is 20.2 Å². The van der Waals surface area contributed by atoms with Crippen LogP contribution in [0.25, 0.3) is 0 Å². The van der Waals surface area contributed by atoms with Gasteiger partial charge >= 0.3 is 0 Å². The van der Waals surface area contributed by atoms with Crippen molar-refractivity contribution in [3.63, 3.8) is 0 Å². The van der Waals surface area contributed by atoms with E-state index in [2.05, 4.69) is 26.0 Å². The average Bonchev–Trinajstić information content (AvgIpc) is 1.97. The number of allylic oxidation sites excluding steroid dienone is 1. The second-order valence-electron chi connectivity index (χ2n) is 2.88. The molecular weight excluding hydrogens is 136 g/mol. The van der Waals surface area contributed by atoms with E-state index in [9.17, 15) is 5.11 Å². The Morgan fingerprint density at radius 3 is 2.55 bits per heavy atom. The van der Waals surface area contributed by atoms with Crippen molar-refractivity contribution in [2.24, 2.45) is 5.92 Å². The van der Waals surface area contributed by atoms with Crippen LogP contribution in [0.1, 0.15) is 33.1 Å². The van der Waals surface area contributed by atoms with Gasteiger partial charge in [0.15, 0.2) is 0 Å². The van der Waals surface area contributed by atoms with Gasteiger partial charge in [0.1, 0.15) is 0 Å². The van der Waals surface area contributed by atoms with Crippen LogP contribution in [-0.2, 0) is 0 Å². The molecular formula is C10H19O. The third-order valence-corrected chi connectivity index (χ3v) is 1.85. The molecule has 0 aliphatic heterocycles. The molecule has 1 nitrogen and oxygen atoms in total. The van der Waals surface area contributed by atoms with E-state index in [1.807, 2.05) is 6.92 Å². The molecule has 2 unspecified atom stereocenters. The highest BCUT2D eigenvalue weighted by molar-refractivity contribution is 4.90. The lowest BCUT2D eigenvalue weighted by atomic mass is 10.00. The molecule has 1 radical (unpaired) electrons. The van der Waals surface area contributed by atoms with E-state index in [-0.39, 0.29) is 6.10 Å². The van der Waals surface area contributed by atoms with Gasteiger partial charge < -0.3 is 5.11 Å². The highest BCUT2D eigenvalue weighted by Gasteiger charge is 2.07. The standard InChI is InChI=1S/C10H19O/c1-4-6-7-8-10(5-2)9(3)11/h7-11H,1,4-6H2,2-3H3/b8-7+. The third-order valence-electron chi connectivity index (χ3n) is 1.85. The second kappa shape index (κ2) is 6.41. The Balaban J connectivity index is 3.67. The minimum Gasteiger partial charge on any atom is -0.393 e. The van der Waals surface area contributed by atoms with E-state index >= 15 is 0 Å². The summed E-state index contributed by atoms with van der Waals surface area (Å²) in [5.74, 6) is 0.321. The Hall–Kier alpha value is -0.300. The quantitative estimate of drug-likeness (QED) is 0.605. The summed E-state index contributed by atoms with van der Waals surface area (Å²) in [6, 6.07) is 0. The van der Waals surface area contributed by atoms with Gasteiger partial charge in [-0.2, -0.15) is 0 Å². The van der Waals surface area contributed by atoms with Gasteiger partial charge in [-0.25, -0.2) is 0 Å². The molecule has 0 saturated heterocycles. The van der Waals surface area contributed by atoms with Crippen molar-refractivity contribution in [2.75, 3.05) is 0 Å². The molecule has 0 amide bonds. The van der Waals surface area contributed by atoms with E-state index in [4.69, 9.17) is 0 Å². The zero-order valence-electron chi connectivity index (χ0n) is 7.59. The number of hydrogen-bond acceptors (Lipinski definition) is 1. The number of rotatable bonds is 5. The number of aliphatic hydroxyl groups is 1. The fourth-order valence-electron chi connectivity index (χ4n) is 1.03. The van der Waals surface area contributed by atoms with E-state index in [0.717, 1.165) is 19.3 Å². The van der Waals surface area contributed by atoms with Crippen LogP contribution in [0.4, 0.5) is 0 Å². The number of aliphatic hydroxyl groups excluding tert-OH is 1. The predicted octanol–water partition coefficient (Wildman–Crippen LogP) is 2.56. The Kier molecular flexibility index (Phi) is 6.24. The summed E-state index contributed by atoms with van der Waals surface area (Å²) >= 11 is 0. The summed E-state index contributed by atoms with van der Waals surface area (Å²) in [5, 5.41) is 9.24. The second-order valence-corrected chi connectivity index (χ2v) is 2.88. The van der Waals surface area contributed by atoms with Crippen LogP contribution in [0.3, 0.4) is 0 Å². The van der Waals surface area contributed by atoms with Crippen LogP contribution in [0.5, 0.6) is 0 Å². The van der Waals surface area contributed by atoms with Crippen LogP contribution in [0.2, 0.25) is 0 Å². The van der Waals surface area contributed by atoms with Crippen molar-refractivity contribution in [3.05, 3.63) is 19.1 Å². The molecule has 2 atom stereocenters. The number of hydrogen-bond donors (Lipinski definition) is 1. The minimum absolute atomic E-state index is 0.221. The van der Waals surface area contributed by atoms with Gasteiger partial charge in [-0.05, 0) is 26.2 Å². The summed E-state index contributed by atoms with van der Waals surface area (Å²) < 4.78 is 0. The maximum absolute atomic E-state index is 9.24. The lowest BCUT2D eigenvalue weighted by Crippen LogP contribution is -2.12. The highest BCUT2D eigenvalue weighted by atomic mass is 16.3. The Morgan fingerprint density at radius 1 is 1.55 bits per heavy atom. The van der Waals surface area contributed by atoms with Crippen LogP contribution < -0.4 is 0 Å². The van der Waals surface area contributed by atoms with Crippen molar-refractivity contribution in [3.8, 4) is 0 Å². The van der Waals surface area contributed by atoms with E-state index in [1.54, 1.807) is 0 Å². The first-order chi connectivity index (χ1) is 5.22. The molecule has 1 N–H and O–H groups in total. The molecule has 0 bridgehead atoms. The molecule has 0 aromatic carbocycles. The van der Waals surface area contributed by atoms with Gasteiger partial charge in [-0.3, -0.25) is 0 Å². The molecule has 0 fully saturated rings. The largest absolute Gasteiger partial charge is 0.393 e. The van der Waals surface area contributed by atoms with Crippen molar-refractivity contribution < 1.29 is 5.11 Å². The molecule has 0 aromatic heterocycles. The van der Waals surface area contributed by atoms with Gasteiger partial charge in [-0.15, -0.1) is 0 Å². The molecule has 0 aromatic rings. The van der Waals surface area contributed by atoms with Crippen LogP contribution in [0, 0.1) is 12.8 Å². The fourth-order valence-corrected chi connectivity index (χ4v) is 1.03. The van der Waals surface area contributed by atoms with E-state index < -0.39 is 0 Å². The van der Waals surface area contributed by atoms with Gasteiger partial charge in [0, 0.05) is 5.92 Å². The van der Waals surface area contributed by atoms with Crippen LogP contribution in [-0.4, -0.2) is 11.2 Å². The first kappa shape index (κ1) is 10.7. The molecule has 0 saturated carbocycles. The van der Waals surface area contributed by atoms with Crippen LogP contribution >= 0.6 is 0 Å². The van der Waals surface area contributed by atoms with E-state index in [0.29, 0.717) is 5.92 Å². The summed E-state index contributed by atoms with van der Waals surface area (Å²) in [5.41, 5.74) is 0. The Bertz CT molecular complexity index is 105. The summed E-state index contributed by atoms with van der Waals surface area (Å²) in [7, 11) is 0. The summed E-state index contributed by atoms with van der Waals surface area (Å²) in [4.78, 5) is 0. The molecule has 0 heterocycles. The zero-order valence-corrected chi connectivity index (χ0v) is 7.59. The fraction of sp³-hybridized carbons (Fsp3) is 0.700. The Labute approximate surface area is 70.1 Å². The first-order valence-corrected chi connectivity index (χ1v) is 4.36. The van der Waals surface area contributed by atoms with Crippen molar-refractivity contribution >= 4 is 0 Å². The minimum atomic E-state index is -0.221. The van der Waals surface area contributed by atoms with Gasteiger partial charge in [0.25, 0.3) is 0 Å².